The van der Waals surface area contributed by atoms with Crippen molar-refractivity contribution >= 4 is 0 Å². The zero-order valence-electron chi connectivity index (χ0n) is 15.5. The van der Waals surface area contributed by atoms with Crippen molar-refractivity contribution in [3.8, 4) is 11.5 Å². The lowest BCUT2D eigenvalue weighted by atomic mass is 10.00. The largest absolute Gasteiger partial charge is 0.457 e. The maximum Gasteiger partial charge on any atom is 0.127 e. The topological polar surface area (TPSA) is 21.7 Å². The van der Waals surface area contributed by atoms with Gasteiger partial charge in [0.15, 0.2) is 0 Å². The van der Waals surface area contributed by atoms with Gasteiger partial charge in [0.25, 0.3) is 0 Å². The molecule has 3 atom stereocenters. The third kappa shape index (κ3) is 5.58. The van der Waals surface area contributed by atoms with Crippen LogP contribution in [0.1, 0.15) is 26.3 Å². The number of benzene rings is 2. The lowest BCUT2D eigenvalue weighted by Gasteiger charge is -2.36. The second kappa shape index (κ2) is 8.50. The Kier molecular flexibility index (Phi) is 6.11. The van der Waals surface area contributed by atoms with E-state index in [0.717, 1.165) is 37.6 Å². The zero-order chi connectivity index (χ0) is 17.6. The Morgan fingerprint density at radius 2 is 1.68 bits per heavy atom. The summed E-state index contributed by atoms with van der Waals surface area (Å²) in [6, 6.07) is 18.4. The van der Waals surface area contributed by atoms with Gasteiger partial charge < -0.3 is 9.47 Å². The summed E-state index contributed by atoms with van der Waals surface area (Å²) in [7, 11) is 0. The number of hydrogen-bond donors (Lipinski definition) is 0. The fraction of sp³-hybridized carbons (Fsp3) is 0.455. The molecule has 0 amide bonds. The smallest absolute Gasteiger partial charge is 0.127 e. The van der Waals surface area contributed by atoms with Gasteiger partial charge in [-0.15, -0.1) is 0 Å². The Labute approximate surface area is 151 Å². The second-order valence-electron chi connectivity index (χ2n) is 7.35. The molecule has 0 aromatic heterocycles. The highest BCUT2D eigenvalue weighted by Crippen LogP contribution is 2.23. The van der Waals surface area contributed by atoms with Gasteiger partial charge in [0.1, 0.15) is 11.5 Å². The molecule has 0 N–H and O–H groups in total. The fourth-order valence-corrected chi connectivity index (χ4v) is 3.70. The molecule has 3 heteroatoms. The van der Waals surface area contributed by atoms with Crippen LogP contribution in [-0.2, 0) is 11.2 Å². The van der Waals surface area contributed by atoms with Crippen molar-refractivity contribution in [1.82, 2.24) is 4.90 Å². The number of nitrogens with zero attached hydrogens (tertiary/aromatic N) is 1. The van der Waals surface area contributed by atoms with Gasteiger partial charge in [0, 0.05) is 19.6 Å². The normalized spacial score (nSPS) is 22.5. The third-order valence-corrected chi connectivity index (χ3v) is 4.53. The molecule has 2 aromatic carbocycles. The van der Waals surface area contributed by atoms with Gasteiger partial charge in [-0.2, -0.15) is 0 Å². The van der Waals surface area contributed by atoms with Crippen molar-refractivity contribution < 1.29 is 9.47 Å². The highest BCUT2D eigenvalue weighted by atomic mass is 16.5. The van der Waals surface area contributed by atoms with E-state index < -0.39 is 0 Å². The van der Waals surface area contributed by atoms with Crippen LogP contribution in [0.25, 0.3) is 0 Å². The highest BCUT2D eigenvalue weighted by Gasteiger charge is 2.23. The van der Waals surface area contributed by atoms with Crippen molar-refractivity contribution in [2.45, 2.75) is 39.4 Å². The minimum absolute atomic E-state index is 0.332. The quantitative estimate of drug-likeness (QED) is 0.757. The van der Waals surface area contributed by atoms with Crippen LogP contribution < -0.4 is 4.74 Å². The van der Waals surface area contributed by atoms with E-state index in [9.17, 15) is 0 Å². The fourth-order valence-electron chi connectivity index (χ4n) is 3.70. The van der Waals surface area contributed by atoms with Gasteiger partial charge in [0.05, 0.1) is 12.2 Å². The number of morpholine rings is 1. The molecule has 1 heterocycles. The van der Waals surface area contributed by atoms with Crippen molar-refractivity contribution in [3.05, 3.63) is 60.2 Å². The van der Waals surface area contributed by atoms with Gasteiger partial charge in [-0.3, -0.25) is 4.90 Å². The van der Waals surface area contributed by atoms with Crippen LogP contribution in [0.5, 0.6) is 11.5 Å². The Morgan fingerprint density at radius 3 is 2.40 bits per heavy atom. The summed E-state index contributed by atoms with van der Waals surface area (Å²) in [5, 5.41) is 0. The summed E-state index contributed by atoms with van der Waals surface area (Å²) in [5.74, 6) is 2.39. The molecule has 3 unspecified atom stereocenters. The van der Waals surface area contributed by atoms with E-state index in [-0.39, 0.29) is 0 Å². The minimum atomic E-state index is 0.332. The van der Waals surface area contributed by atoms with E-state index in [1.807, 2.05) is 36.4 Å². The molecule has 134 valence electrons. The number of rotatable bonds is 6. The average Bonchev–Trinajstić information content (AvgIpc) is 2.55. The van der Waals surface area contributed by atoms with Crippen LogP contribution >= 0.6 is 0 Å². The van der Waals surface area contributed by atoms with E-state index >= 15 is 0 Å². The van der Waals surface area contributed by atoms with Crippen molar-refractivity contribution in [1.29, 1.82) is 0 Å². The molecule has 0 spiro atoms. The minimum Gasteiger partial charge on any atom is -0.457 e. The van der Waals surface area contributed by atoms with Crippen LogP contribution in [-0.4, -0.2) is 36.7 Å². The number of hydrogen-bond acceptors (Lipinski definition) is 3. The average molecular weight is 339 g/mol. The third-order valence-electron chi connectivity index (χ3n) is 4.53. The summed E-state index contributed by atoms with van der Waals surface area (Å²) in [6.45, 7) is 9.84. The van der Waals surface area contributed by atoms with E-state index in [2.05, 4.69) is 43.9 Å². The second-order valence-corrected chi connectivity index (χ2v) is 7.35. The summed E-state index contributed by atoms with van der Waals surface area (Å²) < 4.78 is 11.8. The van der Waals surface area contributed by atoms with Crippen LogP contribution in [0.15, 0.2) is 54.6 Å². The van der Waals surface area contributed by atoms with Crippen molar-refractivity contribution in [3.63, 3.8) is 0 Å². The van der Waals surface area contributed by atoms with Gasteiger partial charge in [-0.25, -0.2) is 0 Å². The van der Waals surface area contributed by atoms with Gasteiger partial charge in [-0.1, -0.05) is 37.3 Å². The molecule has 25 heavy (non-hydrogen) atoms. The molecule has 1 aliphatic rings. The van der Waals surface area contributed by atoms with Crippen molar-refractivity contribution in [2.24, 2.45) is 5.92 Å². The van der Waals surface area contributed by atoms with E-state index in [4.69, 9.17) is 9.47 Å². The first-order valence-corrected chi connectivity index (χ1v) is 9.28. The Bertz CT molecular complexity index is 648. The van der Waals surface area contributed by atoms with Crippen LogP contribution in [0, 0.1) is 5.92 Å². The van der Waals surface area contributed by atoms with E-state index in [1.54, 1.807) is 0 Å². The molecular weight excluding hydrogens is 310 g/mol. The Morgan fingerprint density at radius 1 is 1.00 bits per heavy atom. The van der Waals surface area contributed by atoms with E-state index in [1.165, 1.54) is 5.56 Å². The molecule has 0 aliphatic carbocycles. The molecule has 0 radical (unpaired) electrons. The summed E-state index contributed by atoms with van der Waals surface area (Å²) >= 11 is 0. The monoisotopic (exact) mass is 339 g/mol. The first-order valence-electron chi connectivity index (χ1n) is 9.28. The van der Waals surface area contributed by atoms with Crippen LogP contribution in [0.3, 0.4) is 0 Å². The molecule has 3 rings (SSSR count). The molecule has 1 aliphatic heterocycles. The first kappa shape index (κ1) is 18.0. The lowest BCUT2D eigenvalue weighted by Crippen LogP contribution is -2.47. The molecule has 1 fully saturated rings. The Balaban J connectivity index is 1.56. The van der Waals surface area contributed by atoms with Gasteiger partial charge in [0.2, 0.25) is 0 Å². The summed E-state index contributed by atoms with van der Waals surface area (Å²) in [6.07, 6.45) is 1.73. The highest BCUT2D eigenvalue weighted by molar-refractivity contribution is 5.34. The molecule has 1 saturated heterocycles. The van der Waals surface area contributed by atoms with Crippen LogP contribution in [0.4, 0.5) is 0 Å². The zero-order valence-corrected chi connectivity index (χ0v) is 15.5. The van der Waals surface area contributed by atoms with Gasteiger partial charge in [-0.05, 0) is 56.0 Å². The molecular formula is C22H29NO2. The molecule has 0 saturated carbocycles. The number of ether oxygens (including phenoxy) is 2. The predicted octanol–water partition coefficient (Wildman–Crippen LogP) is 4.77. The molecule has 2 aromatic rings. The van der Waals surface area contributed by atoms with Gasteiger partial charge >= 0.3 is 0 Å². The predicted molar refractivity (Wildman–Crippen MR) is 102 cm³/mol. The van der Waals surface area contributed by atoms with Crippen molar-refractivity contribution in [2.75, 3.05) is 19.6 Å². The Hall–Kier alpha value is -1.84. The lowest BCUT2D eigenvalue weighted by molar-refractivity contribution is -0.0708. The summed E-state index contributed by atoms with van der Waals surface area (Å²) in [4.78, 5) is 2.54. The maximum atomic E-state index is 5.95. The van der Waals surface area contributed by atoms with E-state index in [0.29, 0.717) is 18.1 Å². The first-order chi connectivity index (χ1) is 12.1. The summed E-state index contributed by atoms with van der Waals surface area (Å²) in [5.41, 5.74) is 1.33. The SMILES string of the molecule is CC(Cc1cccc(Oc2ccccc2)c1)CN1CC(C)OC(C)C1. The van der Waals surface area contributed by atoms with Crippen LogP contribution in [0.2, 0.25) is 0 Å². The standard InChI is InChI=1S/C22H29NO2/c1-17(14-23-15-18(2)24-19(3)16-23)12-20-8-7-11-22(13-20)25-21-9-5-4-6-10-21/h4-11,13,17-19H,12,14-16H2,1-3H3. The maximum absolute atomic E-state index is 5.95. The number of para-hydroxylation sites is 1. The molecule has 3 nitrogen and oxygen atoms in total. The molecule has 0 bridgehead atoms.